The Morgan fingerprint density at radius 2 is 2.11 bits per heavy atom. The van der Waals surface area contributed by atoms with Crippen LogP contribution in [0.1, 0.15) is 39.0 Å². The van der Waals surface area contributed by atoms with Crippen LogP contribution in [0.5, 0.6) is 0 Å². The smallest absolute Gasteiger partial charge is 0.00771 e. The topological polar surface area (TPSA) is 26.0 Å². The molecule has 0 aromatic heterocycles. The van der Waals surface area contributed by atoms with Gasteiger partial charge in [0, 0.05) is 0 Å². The van der Waals surface area contributed by atoms with Crippen LogP contribution >= 0.6 is 0 Å². The van der Waals surface area contributed by atoms with Crippen molar-refractivity contribution in [2.24, 2.45) is 11.1 Å². The standard InChI is InChI=1S/C8H17N/c1-8(4-2-5-8)6-3-7-9/h2-7,9H2,1H3. The summed E-state index contributed by atoms with van der Waals surface area (Å²) in [6, 6.07) is 0. The second-order valence-corrected chi connectivity index (χ2v) is 3.56. The summed E-state index contributed by atoms with van der Waals surface area (Å²) < 4.78 is 0. The second-order valence-electron chi connectivity index (χ2n) is 3.56. The lowest BCUT2D eigenvalue weighted by Gasteiger charge is -2.38. The van der Waals surface area contributed by atoms with Gasteiger partial charge in [0.25, 0.3) is 0 Å². The van der Waals surface area contributed by atoms with Crippen LogP contribution in [-0.4, -0.2) is 6.54 Å². The van der Waals surface area contributed by atoms with E-state index in [4.69, 9.17) is 5.73 Å². The van der Waals surface area contributed by atoms with Crippen LogP contribution < -0.4 is 5.73 Å². The minimum absolute atomic E-state index is 0.694. The molecule has 1 fully saturated rings. The van der Waals surface area contributed by atoms with Crippen molar-refractivity contribution in [3.63, 3.8) is 0 Å². The molecule has 0 radical (unpaired) electrons. The maximum atomic E-state index is 5.41. The molecule has 0 bridgehead atoms. The lowest BCUT2D eigenvalue weighted by Crippen LogP contribution is -2.25. The van der Waals surface area contributed by atoms with Crippen molar-refractivity contribution in [3.05, 3.63) is 0 Å². The predicted molar refractivity (Wildman–Crippen MR) is 40.2 cm³/mol. The third-order valence-electron chi connectivity index (χ3n) is 2.55. The molecule has 0 unspecified atom stereocenters. The molecular weight excluding hydrogens is 110 g/mol. The van der Waals surface area contributed by atoms with Crippen LogP contribution in [0.25, 0.3) is 0 Å². The van der Waals surface area contributed by atoms with Gasteiger partial charge in [0.1, 0.15) is 0 Å². The van der Waals surface area contributed by atoms with E-state index in [0.717, 1.165) is 6.54 Å². The Hall–Kier alpha value is -0.0400. The van der Waals surface area contributed by atoms with Crippen molar-refractivity contribution in [3.8, 4) is 0 Å². The molecule has 0 spiro atoms. The molecule has 0 aromatic carbocycles. The molecule has 0 amide bonds. The first-order valence-corrected chi connectivity index (χ1v) is 3.97. The molecule has 2 N–H and O–H groups in total. The highest BCUT2D eigenvalue weighted by molar-refractivity contribution is 4.82. The molecule has 1 aliphatic rings. The van der Waals surface area contributed by atoms with Crippen LogP contribution in [0.3, 0.4) is 0 Å². The first kappa shape index (κ1) is 7.07. The van der Waals surface area contributed by atoms with Crippen LogP contribution in [-0.2, 0) is 0 Å². The van der Waals surface area contributed by atoms with E-state index in [2.05, 4.69) is 6.92 Å². The minimum atomic E-state index is 0.694. The van der Waals surface area contributed by atoms with Crippen LogP contribution in [0.4, 0.5) is 0 Å². The lowest BCUT2D eigenvalue weighted by molar-refractivity contribution is 0.144. The molecule has 9 heavy (non-hydrogen) atoms. The monoisotopic (exact) mass is 127 g/mol. The Kier molecular flexibility index (Phi) is 2.12. The molecule has 0 saturated heterocycles. The maximum absolute atomic E-state index is 5.41. The summed E-state index contributed by atoms with van der Waals surface area (Å²) in [5.41, 5.74) is 6.11. The largest absolute Gasteiger partial charge is 0.330 e. The van der Waals surface area contributed by atoms with Gasteiger partial charge in [0.15, 0.2) is 0 Å². The van der Waals surface area contributed by atoms with E-state index in [1.54, 1.807) is 0 Å². The van der Waals surface area contributed by atoms with E-state index in [1.807, 2.05) is 0 Å². The van der Waals surface area contributed by atoms with Gasteiger partial charge in [-0.2, -0.15) is 0 Å². The number of hydrogen-bond donors (Lipinski definition) is 1. The number of nitrogens with two attached hydrogens (primary N) is 1. The SMILES string of the molecule is CC1(CCCN)CCC1. The van der Waals surface area contributed by atoms with Gasteiger partial charge >= 0.3 is 0 Å². The van der Waals surface area contributed by atoms with Gasteiger partial charge in [-0.25, -0.2) is 0 Å². The first-order chi connectivity index (χ1) is 4.27. The first-order valence-electron chi connectivity index (χ1n) is 3.97. The summed E-state index contributed by atoms with van der Waals surface area (Å²) >= 11 is 0. The summed E-state index contributed by atoms with van der Waals surface area (Å²) in [5, 5.41) is 0. The molecule has 54 valence electrons. The van der Waals surface area contributed by atoms with E-state index in [9.17, 15) is 0 Å². The third kappa shape index (κ3) is 1.68. The number of hydrogen-bond acceptors (Lipinski definition) is 1. The highest BCUT2D eigenvalue weighted by atomic mass is 14.5. The maximum Gasteiger partial charge on any atom is -0.00771 e. The molecular formula is C8H17N. The van der Waals surface area contributed by atoms with Crippen LogP contribution in [0.15, 0.2) is 0 Å². The number of rotatable bonds is 3. The van der Waals surface area contributed by atoms with E-state index in [-0.39, 0.29) is 0 Å². The summed E-state index contributed by atoms with van der Waals surface area (Å²) in [7, 11) is 0. The van der Waals surface area contributed by atoms with E-state index in [0.29, 0.717) is 5.41 Å². The fraction of sp³-hybridized carbons (Fsp3) is 1.00. The molecule has 0 aliphatic heterocycles. The Morgan fingerprint density at radius 1 is 1.44 bits per heavy atom. The minimum Gasteiger partial charge on any atom is -0.330 e. The second kappa shape index (κ2) is 2.70. The third-order valence-corrected chi connectivity index (χ3v) is 2.55. The Balaban J connectivity index is 2.09. The van der Waals surface area contributed by atoms with Crippen molar-refractivity contribution >= 4 is 0 Å². The predicted octanol–water partition coefficient (Wildman–Crippen LogP) is 1.92. The van der Waals surface area contributed by atoms with E-state index in [1.165, 1.54) is 32.1 Å². The zero-order valence-electron chi connectivity index (χ0n) is 6.32. The van der Waals surface area contributed by atoms with E-state index >= 15 is 0 Å². The Labute approximate surface area is 57.6 Å². The Morgan fingerprint density at radius 3 is 2.44 bits per heavy atom. The zero-order chi connectivity index (χ0) is 6.74. The summed E-state index contributed by atoms with van der Waals surface area (Å²) in [5.74, 6) is 0. The van der Waals surface area contributed by atoms with Gasteiger partial charge in [0.05, 0.1) is 0 Å². The summed E-state index contributed by atoms with van der Waals surface area (Å²) in [4.78, 5) is 0. The van der Waals surface area contributed by atoms with Crippen molar-refractivity contribution in [1.29, 1.82) is 0 Å². The highest BCUT2D eigenvalue weighted by Gasteiger charge is 2.30. The average molecular weight is 127 g/mol. The fourth-order valence-electron chi connectivity index (χ4n) is 1.56. The van der Waals surface area contributed by atoms with Crippen molar-refractivity contribution in [2.45, 2.75) is 39.0 Å². The molecule has 0 atom stereocenters. The highest BCUT2D eigenvalue weighted by Crippen LogP contribution is 2.43. The summed E-state index contributed by atoms with van der Waals surface area (Å²) in [6.07, 6.45) is 6.89. The molecule has 1 nitrogen and oxygen atoms in total. The molecule has 1 aliphatic carbocycles. The van der Waals surface area contributed by atoms with Crippen molar-refractivity contribution in [1.82, 2.24) is 0 Å². The van der Waals surface area contributed by atoms with Gasteiger partial charge in [-0.3, -0.25) is 0 Å². The van der Waals surface area contributed by atoms with Gasteiger partial charge in [-0.05, 0) is 37.6 Å². The average Bonchev–Trinajstić information content (AvgIpc) is 1.79. The van der Waals surface area contributed by atoms with Crippen molar-refractivity contribution in [2.75, 3.05) is 6.54 Å². The van der Waals surface area contributed by atoms with Gasteiger partial charge in [-0.1, -0.05) is 13.3 Å². The van der Waals surface area contributed by atoms with Crippen LogP contribution in [0.2, 0.25) is 0 Å². The quantitative estimate of drug-likeness (QED) is 0.615. The molecule has 1 saturated carbocycles. The normalized spacial score (nSPS) is 23.3. The van der Waals surface area contributed by atoms with E-state index < -0.39 is 0 Å². The zero-order valence-corrected chi connectivity index (χ0v) is 6.32. The van der Waals surface area contributed by atoms with Gasteiger partial charge < -0.3 is 5.73 Å². The van der Waals surface area contributed by atoms with Crippen molar-refractivity contribution < 1.29 is 0 Å². The molecule has 0 aromatic rings. The van der Waals surface area contributed by atoms with Gasteiger partial charge in [-0.15, -0.1) is 0 Å². The van der Waals surface area contributed by atoms with Gasteiger partial charge in [0.2, 0.25) is 0 Å². The molecule has 0 heterocycles. The fourth-order valence-corrected chi connectivity index (χ4v) is 1.56. The Bertz CT molecular complexity index is 84.6. The summed E-state index contributed by atoms with van der Waals surface area (Å²) in [6.45, 7) is 3.25. The van der Waals surface area contributed by atoms with Crippen LogP contribution in [0, 0.1) is 5.41 Å². The molecule has 1 rings (SSSR count). The lowest BCUT2D eigenvalue weighted by atomic mass is 9.68. The molecule has 1 heteroatoms.